The van der Waals surface area contributed by atoms with Crippen LogP contribution < -0.4 is 9.50 Å². The van der Waals surface area contributed by atoms with Crippen molar-refractivity contribution in [2.75, 3.05) is 5.32 Å². The SMILES string of the molecule is Cc1ccc(S(=O)(=O)Oc2ccc(Br)cc2/C=C(/C#N)C(=O)Nc2ccc(Br)cc2)cc1. The average Bonchev–Trinajstić information content (AvgIpc) is 2.75. The lowest BCUT2D eigenvalue weighted by Gasteiger charge is -2.11. The van der Waals surface area contributed by atoms with E-state index in [0.29, 0.717) is 10.2 Å². The minimum Gasteiger partial charge on any atom is -0.378 e. The Balaban J connectivity index is 1.93. The van der Waals surface area contributed by atoms with Crippen molar-refractivity contribution >= 4 is 59.6 Å². The average molecular weight is 576 g/mol. The van der Waals surface area contributed by atoms with E-state index < -0.39 is 16.0 Å². The molecular formula is C23H16Br2N2O4S. The predicted octanol–water partition coefficient (Wildman–Crippen LogP) is 5.83. The molecule has 6 nitrogen and oxygen atoms in total. The third kappa shape index (κ3) is 6.07. The van der Waals surface area contributed by atoms with Gasteiger partial charge >= 0.3 is 10.1 Å². The first kappa shape index (κ1) is 23.7. The van der Waals surface area contributed by atoms with Crippen molar-refractivity contribution < 1.29 is 17.4 Å². The Morgan fingerprint density at radius 3 is 2.25 bits per heavy atom. The highest BCUT2D eigenvalue weighted by Gasteiger charge is 2.19. The third-order valence-electron chi connectivity index (χ3n) is 4.25. The maximum atomic E-state index is 12.7. The molecule has 3 aromatic rings. The lowest BCUT2D eigenvalue weighted by molar-refractivity contribution is -0.112. The number of anilines is 1. The minimum absolute atomic E-state index is 0.00515. The van der Waals surface area contributed by atoms with Crippen LogP contribution in [0.25, 0.3) is 6.08 Å². The Morgan fingerprint density at radius 2 is 1.62 bits per heavy atom. The Bertz CT molecular complexity index is 1330. The van der Waals surface area contributed by atoms with E-state index in [0.717, 1.165) is 10.0 Å². The molecule has 0 heterocycles. The van der Waals surface area contributed by atoms with E-state index >= 15 is 0 Å². The predicted molar refractivity (Wildman–Crippen MR) is 129 cm³/mol. The van der Waals surface area contributed by atoms with Gasteiger partial charge in [-0.15, -0.1) is 0 Å². The first-order valence-corrected chi connectivity index (χ1v) is 12.2. The summed E-state index contributed by atoms with van der Waals surface area (Å²) in [5, 5.41) is 12.2. The van der Waals surface area contributed by atoms with Crippen molar-refractivity contribution in [3.63, 3.8) is 0 Å². The van der Waals surface area contributed by atoms with Gasteiger partial charge < -0.3 is 9.50 Å². The molecule has 0 aliphatic carbocycles. The smallest absolute Gasteiger partial charge is 0.339 e. The van der Waals surface area contributed by atoms with Crippen molar-refractivity contribution in [1.82, 2.24) is 0 Å². The van der Waals surface area contributed by atoms with Gasteiger partial charge in [0.25, 0.3) is 5.91 Å². The number of rotatable bonds is 6. The molecule has 0 bridgehead atoms. The highest BCUT2D eigenvalue weighted by atomic mass is 79.9. The molecule has 3 rings (SSSR count). The molecule has 0 radical (unpaired) electrons. The molecule has 0 saturated carbocycles. The fourth-order valence-electron chi connectivity index (χ4n) is 2.61. The van der Waals surface area contributed by atoms with Crippen LogP contribution in [0.15, 0.2) is 86.1 Å². The molecule has 0 spiro atoms. The van der Waals surface area contributed by atoms with Crippen LogP contribution in [-0.4, -0.2) is 14.3 Å². The number of hydrogen-bond donors (Lipinski definition) is 1. The number of carbonyl (C=O) groups excluding carboxylic acids is 1. The fraction of sp³-hybridized carbons (Fsp3) is 0.0435. The molecule has 9 heteroatoms. The van der Waals surface area contributed by atoms with Gasteiger partial charge in [0.15, 0.2) is 0 Å². The first-order chi connectivity index (χ1) is 15.2. The summed E-state index contributed by atoms with van der Waals surface area (Å²) < 4.78 is 32.2. The van der Waals surface area contributed by atoms with Crippen molar-refractivity contribution in [3.8, 4) is 11.8 Å². The molecule has 1 N–H and O–H groups in total. The summed E-state index contributed by atoms with van der Waals surface area (Å²) in [5.74, 6) is -0.653. The van der Waals surface area contributed by atoms with Gasteiger partial charge in [0, 0.05) is 20.2 Å². The van der Waals surface area contributed by atoms with Crippen LogP contribution >= 0.6 is 31.9 Å². The maximum absolute atomic E-state index is 12.7. The molecule has 0 fully saturated rings. The summed E-state index contributed by atoms with van der Waals surface area (Å²) in [6, 6.07) is 19.6. The number of halogens is 2. The van der Waals surface area contributed by atoms with Gasteiger partial charge in [0.1, 0.15) is 22.3 Å². The van der Waals surface area contributed by atoms with Gasteiger partial charge in [-0.1, -0.05) is 49.6 Å². The topological polar surface area (TPSA) is 96.3 Å². The van der Waals surface area contributed by atoms with Crippen molar-refractivity contribution in [3.05, 3.63) is 92.4 Å². The van der Waals surface area contributed by atoms with E-state index in [4.69, 9.17) is 4.18 Å². The summed E-state index contributed by atoms with van der Waals surface area (Å²) in [6.45, 7) is 1.84. The second-order valence-electron chi connectivity index (χ2n) is 6.66. The second-order valence-corrected chi connectivity index (χ2v) is 10.0. The molecule has 0 unspecified atom stereocenters. The van der Waals surface area contributed by atoms with Crippen molar-refractivity contribution in [2.45, 2.75) is 11.8 Å². The zero-order valence-electron chi connectivity index (χ0n) is 16.7. The molecule has 1 amide bonds. The third-order valence-corrected chi connectivity index (χ3v) is 6.52. The molecule has 32 heavy (non-hydrogen) atoms. The van der Waals surface area contributed by atoms with Crippen molar-refractivity contribution in [1.29, 1.82) is 5.26 Å². The molecule has 0 atom stereocenters. The van der Waals surface area contributed by atoms with E-state index in [1.54, 1.807) is 48.5 Å². The van der Waals surface area contributed by atoms with Crippen LogP contribution in [0.3, 0.4) is 0 Å². The normalized spacial score (nSPS) is 11.5. The number of nitrogens with zero attached hydrogens (tertiary/aromatic N) is 1. The van der Waals surface area contributed by atoms with Crippen LogP contribution in [0, 0.1) is 18.3 Å². The van der Waals surface area contributed by atoms with E-state index in [1.807, 2.05) is 13.0 Å². The molecule has 0 aliphatic heterocycles. The maximum Gasteiger partial charge on any atom is 0.339 e. The van der Waals surface area contributed by atoms with Gasteiger partial charge in [-0.05, 0) is 67.6 Å². The number of nitrogens with one attached hydrogen (secondary N) is 1. The Labute approximate surface area is 202 Å². The zero-order valence-corrected chi connectivity index (χ0v) is 20.7. The number of carbonyl (C=O) groups is 1. The van der Waals surface area contributed by atoms with E-state index in [9.17, 15) is 18.5 Å². The monoisotopic (exact) mass is 574 g/mol. The van der Waals surface area contributed by atoms with Gasteiger partial charge in [0.2, 0.25) is 0 Å². The summed E-state index contributed by atoms with van der Waals surface area (Å²) >= 11 is 6.63. The highest BCUT2D eigenvalue weighted by molar-refractivity contribution is 9.10. The summed E-state index contributed by atoms with van der Waals surface area (Å²) in [6.07, 6.45) is 1.28. The van der Waals surface area contributed by atoms with Crippen molar-refractivity contribution in [2.24, 2.45) is 0 Å². The minimum atomic E-state index is -4.11. The summed E-state index contributed by atoms with van der Waals surface area (Å²) in [7, 11) is -4.11. The number of benzene rings is 3. The molecule has 0 aliphatic rings. The molecule has 3 aromatic carbocycles. The van der Waals surface area contributed by atoms with E-state index in [-0.39, 0.29) is 21.8 Å². The van der Waals surface area contributed by atoms with E-state index in [2.05, 4.69) is 37.2 Å². The Hall–Kier alpha value is -2.93. The summed E-state index contributed by atoms with van der Waals surface area (Å²) in [4.78, 5) is 12.6. The lowest BCUT2D eigenvalue weighted by Crippen LogP contribution is -2.14. The van der Waals surface area contributed by atoms with E-state index in [1.165, 1.54) is 24.3 Å². The van der Waals surface area contributed by atoms with Crippen LogP contribution in [0.1, 0.15) is 11.1 Å². The molecule has 162 valence electrons. The second kappa shape index (κ2) is 10.1. The first-order valence-electron chi connectivity index (χ1n) is 9.17. The number of aryl methyl sites for hydroxylation is 1. The molecular weight excluding hydrogens is 560 g/mol. The van der Waals surface area contributed by atoms with Gasteiger partial charge in [-0.3, -0.25) is 4.79 Å². The number of hydrogen-bond acceptors (Lipinski definition) is 5. The molecule has 0 aromatic heterocycles. The Morgan fingerprint density at radius 1 is 1.00 bits per heavy atom. The number of amides is 1. The molecule has 0 saturated heterocycles. The Kier molecular flexibility index (Phi) is 7.51. The highest BCUT2D eigenvalue weighted by Crippen LogP contribution is 2.29. The van der Waals surface area contributed by atoms with Crippen LogP contribution in [-0.2, 0) is 14.9 Å². The van der Waals surface area contributed by atoms with Gasteiger partial charge in [-0.2, -0.15) is 13.7 Å². The number of nitriles is 1. The quantitative estimate of drug-likeness (QED) is 0.226. The largest absolute Gasteiger partial charge is 0.378 e. The lowest BCUT2D eigenvalue weighted by atomic mass is 10.1. The van der Waals surface area contributed by atoms with Crippen LogP contribution in [0.4, 0.5) is 5.69 Å². The van der Waals surface area contributed by atoms with Gasteiger partial charge in [0.05, 0.1) is 0 Å². The summed E-state index contributed by atoms with van der Waals surface area (Å²) in [5.41, 5.74) is 1.44. The van der Waals surface area contributed by atoms with Crippen LogP contribution in [0.5, 0.6) is 5.75 Å². The van der Waals surface area contributed by atoms with Crippen LogP contribution in [0.2, 0.25) is 0 Å². The standard InChI is InChI=1S/C23H16Br2N2O4S/c1-15-2-9-21(10-3-15)32(29,30)31-22-11-6-19(25)13-16(22)12-17(14-26)23(28)27-20-7-4-18(24)5-8-20/h2-13H,1H3,(H,27,28)/b17-12-. The fourth-order valence-corrected chi connectivity index (χ4v) is 4.21. The zero-order chi connectivity index (χ0) is 23.3. The van der Waals surface area contributed by atoms with Gasteiger partial charge in [-0.25, -0.2) is 0 Å².